The third kappa shape index (κ3) is 3.70. The minimum Gasteiger partial charge on any atom is -0.411 e. The number of hydrogen-bond donors (Lipinski definition) is 2. The van der Waals surface area contributed by atoms with Crippen molar-refractivity contribution in [3.05, 3.63) is 71.3 Å². The Morgan fingerprint density at radius 1 is 1.00 bits per heavy atom. The van der Waals surface area contributed by atoms with Crippen LogP contribution in [0.3, 0.4) is 0 Å². The highest BCUT2D eigenvalue weighted by Gasteiger charge is 2.02. The van der Waals surface area contributed by atoms with E-state index in [2.05, 4.69) is 17.0 Å². The van der Waals surface area contributed by atoms with Crippen LogP contribution in [0.25, 0.3) is 0 Å². The lowest BCUT2D eigenvalue weighted by Crippen LogP contribution is -1.94. The van der Waals surface area contributed by atoms with Gasteiger partial charge in [-0.1, -0.05) is 59.5 Å². The molecular formula is C16H13NO2. The fourth-order valence-corrected chi connectivity index (χ4v) is 1.59. The highest BCUT2D eigenvalue weighted by Crippen LogP contribution is 2.12. The van der Waals surface area contributed by atoms with Gasteiger partial charge in [0.05, 0.1) is 6.21 Å². The van der Waals surface area contributed by atoms with Crippen LogP contribution < -0.4 is 0 Å². The fraction of sp³-hybridized carbons (Fsp3) is 0.0625. The van der Waals surface area contributed by atoms with Crippen LogP contribution in [0.2, 0.25) is 0 Å². The third-order valence-corrected chi connectivity index (χ3v) is 2.59. The molecule has 0 saturated carbocycles. The van der Waals surface area contributed by atoms with Crippen molar-refractivity contribution in [2.24, 2.45) is 5.16 Å². The van der Waals surface area contributed by atoms with E-state index in [1.54, 1.807) is 24.3 Å². The van der Waals surface area contributed by atoms with E-state index in [1.165, 1.54) is 6.21 Å². The minimum atomic E-state index is -0.833. The first-order valence-corrected chi connectivity index (χ1v) is 5.81. The zero-order valence-corrected chi connectivity index (χ0v) is 10.2. The zero-order valence-electron chi connectivity index (χ0n) is 10.2. The molecule has 0 radical (unpaired) electrons. The SMILES string of the molecule is ON=Cc1ccc(C(O)C#Cc2ccccc2)cc1. The second-order valence-corrected chi connectivity index (χ2v) is 3.95. The Morgan fingerprint density at radius 2 is 1.68 bits per heavy atom. The molecule has 1 atom stereocenters. The van der Waals surface area contributed by atoms with Crippen LogP contribution in [0.5, 0.6) is 0 Å². The minimum absolute atomic E-state index is 0.707. The topological polar surface area (TPSA) is 52.8 Å². The van der Waals surface area contributed by atoms with Crippen LogP contribution in [0.15, 0.2) is 59.8 Å². The van der Waals surface area contributed by atoms with Gasteiger partial charge in [-0.05, 0) is 23.3 Å². The molecule has 3 nitrogen and oxygen atoms in total. The van der Waals surface area contributed by atoms with Gasteiger partial charge in [0, 0.05) is 5.56 Å². The van der Waals surface area contributed by atoms with Crippen LogP contribution >= 0.6 is 0 Å². The summed E-state index contributed by atoms with van der Waals surface area (Å²) in [6.45, 7) is 0. The molecule has 0 aromatic heterocycles. The molecule has 0 aliphatic carbocycles. The molecule has 0 saturated heterocycles. The van der Waals surface area contributed by atoms with Gasteiger partial charge in [-0.25, -0.2) is 0 Å². The van der Waals surface area contributed by atoms with Gasteiger partial charge < -0.3 is 10.3 Å². The van der Waals surface area contributed by atoms with Crippen molar-refractivity contribution in [3.8, 4) is 11.8 Å². The highest BCUT2D eigenvalue weighted by atomic mass is 16.4. The summed E-state index contributed by atoms with van der Waals surface area (Å²) in [5, 5.41) is 21.3. The number of rotatable bonds is 2. The van der Waals surface area contributed by atoms with Crippen molar-refractivity contribution in [2.45, 2.75) is 6.10 Å². The van der Waals surface area contributed by atoms with E-state index < -0.39 is 6.10 Å². The first-order valence-electron chi connectivity index (χ1n) is 5.81. The van der Waals surface area contributed by atoms with Crippen LogP contribution in [0.1, 0.15) is 22.8 Å². The maximum absolute atomic E-state index is 9.95. The molecular weight excluding hydrogens is 238 g/mol. The quantitative estimate of drug-likeness (QED) is 0.373. The molecule has 0 bridgehead atoms. The second kappa shape index (κ2) is 6.39. The van der Waals surface area contributed by atoms with E-state index in [0.29, 0.717) is 5.56 Å². The molecule has 2 aromatic carbocycles. The lowest BCUT2D eigenvalue weighted by Gasteiger charge is -2.03. The average Bonchev–Trinajstić information content (AvgIpc) is 2.47. The maximum Gasteiger partial charge on any atom is 0.140 e. The molecule has 94 valence electrons. The standard InChI is InChI=1S/C16H13NO2/c18-16(11-8-13-4-2-1-3-5-13)15-9-6-14(7-10-15)12-17-19/h1-7,9-10,12,16,18-19H. The summed E-state index contributed by atoms with van der Waals surface area (Å²) >= 11 is 0. The summed E-state index contributed by atoms with van der Waals surface area (Å²) in [5.41, 5.74) is 2.33. The van der Waals surface area contributed by atoms with Gasteiger partial charge in [0.15, 0.2) is 0 Å². The largest absolute Gasteiger partial charge is 0.411 e. The van der Waals surface area contributed by atoms with Gasteiger partial charge in [0.1, 0.15) is 6.10 Å². The maximum atomic E-state index is 9.95. The van der Waals surface area contributed by atoms with E-state index in [-0.39, 0.29) is 0 Å². The molecule has 2 N–H and O–H groups in total. The first-order chi connectivity index (χ1) is 9.29. The number of oxime groups is 1. The Balaban J connectivity index is 2.12. The summed E-state index contributed by atoms with van der Waals surface area (Å²) in [7, 11) is 0. The number of nitrogens with zero attached hydrogens (tertiary/aromatic N) is 1. The summed E-state index contributed by atoms with van der Waals surface area (Å²) in [6, 6.07) is 16.5. The van der Waals surface area contributed by atoms with Crippen molar-refractivity contribution in [2.75, 3.05) is 0 Å². The predicted molar refractivity (Wildman–Crippen MR) is 74.1 cm³/mol. The zero-order chi connectivity index (χ0) is 13.5. The smallest absolute Gasteiger partial charge is 0.140 e. The Morgan fingerprint density at radius 3 is 2.32 bits per heavy atom. The molecule has 0 spiro atoms. The number of aliphatic hydroxyl groups is 1. The molecule has 2 rings (SSSR count). The molecule has 3 heteroatoms. The van der Waals surface area contributed by atoms with Gasteiger partial charge in [-0.15, -0.1) is 0 Å². The lowest BCUT2D eigenvalue weighted by atomic mass is 10.1. The van der Waals surface area contributed by atoms with Crippen molar-refractivity contribution in [1.29, 1.82) is 0 Å². The molecule has 19 heavy (non-hydrogen) atoms. The summed E-state index contributed by atoms with van der Waals surface area (Å²) < 4.78 is 0. The van der Waals surface area contributed by atoms with E-state index in [4.69, 9.17) is 5.21 Å². The molecule has 0 heterocycles. The first kappa shape index (κ1) is 12.9. The Kier molecular flexibility index (Phi) is 4.33. The van der Waals surface area contributed by atoms with E-state index >= 15 is 0 Å². The third-order valence-electron chi connectivity index (χ3n) is 2.59. The molecule has 0 amide bonds. The number of aliphatic hydroxyl groups excluding tert-OH is 1. The van der Waals surface area contributed by atoms with Crippen LogP contribution in [0.4, 0.5) is 0 Å². The van der Waals surface area contributed by atoms with Gasteiger partial charge in [-0.3, -0.25) is 0 Å². The van der Waals surface area contributed by atoms with Gasteiger partial charge in [-0.2, -0.15) is 0 Å². The van der Waals surface area contributed by atoms with Crippen LogP contribution in [0, 0.1) is 11.8 Å². The average molecular weight is 251 g/mol. The van der Waals surface area contributed by atoms with Gasteiger partial charge in [0.25, 0.3) is 0 Å². The van der Waals surface area contributed by atoms with Crippen molar-refractivity contribution in [3.63, 3.8) is 0 Å². The summed E-state index contributed by atoms with van der Waals surface area (Å²) in [5.74, 6) is 5.71. The molecule has 1 unspecified atom stereocenters. The molecule has 0 aliphatic heterocycles. The summed E-state index contributed by atoms with van der Waals surface area (Å²) in [6.07, 6.45) is 0.492. The summed E-state index contributed by atoms with van der Waals surface area (Å²) in [4.78, 5) is 0. The van der Waals surface area contributed by atoms with Crippen LogP contribution in [-0.4, -0.2) is 16.5 Å². The highest BCUT2D eigenvalue weighted by molar-refractivity contribution is 5.79. The van der Waals surface area contributed by atoms with E-state index in [0.717, 1.165) is 11.1 Å². The molecule has 0 aliphatic rings. The number of benzene rings is 2. The fourth-order valence-electron chi connectivity index (χ4n) is 1.59. The van der Waals surface area contributed by atoms with Crippen molar-refractivity contribution in [1.82, 2.24) is 0 Å². The van der Waals surface area contributed by atoms with Crippen molar-refractivity contribution >= 4 is 6.21 Å². The predicted octanol–water partition coefficient (Wildman–Crippen LogP) is 2.58. The lowest BCUT2D eigenvalue weighted by molar-refractivity contribution is 0.238. The second-order valence-electron chi connectivity index (χ2n) is 3.95. The van der Waals surface area contributed by atoms with E-state index in [9.17, 15) is 5.11 Å². The Hall–Kier alpha value is -2.57. The van der Waals surface area contributed by atoms with Gasteiger partial charge >= 0.3 is 0 Å². The molecule has 2 aromatic rings. The number of hydrogen-bond acceptors (Lipinski definition) is 3. The Labute approximate surface area is 111 Å². The van der Waals surface area contributed by atoms with Crippen molar-refractivity contribution < 1.29 is 10.3 Å². The monoisotopic (exact) mass is 251 g/mol. The van der Waals surface area contributed by atoms with Crippen LogP contribution in [-0.2, 0) is 0 Å². The van der Waals surface area contributed by atoms with E-state index in [1.807, 2.05) is 30.3 Å². The normalized spacial score (nSPS) is 11.8. The molecule has 0 fully saturated rings. The van der Waals surface area contributed by atoms with Gasteiger partial charge in [0.2, 0.25) is 0 Å². The Bertz CT molecular complexity index is 607.